The molecule has 12 rings (SSSR count). The minimum absolute atomic E-state index is 0. The van der Waals surface area contributed by atoms with E-state index in [0.29, 0.717) is 0 Å². The molecule has 6 heteroatoms. The van der Waals surface area contributed by atoms with E-state index in [-0.39, 0.29) is 42.7 Å². The summed E-state index contributed by atoms with van der Waals surface area (Å²) in [7, 11) is 0. The fourth-order valence-electron chi connectivity index (χ4n) is 11.3. The normalized spacial score (nSPS) is 14.0. The molecule has 2 aromatic heterocycles. The molecule has 1 aliphatic heterocycles. The molecule has 2 aliphatic rings. The zero-order valence-corrected chi connectivity index (χ0v) is 47.2. The van der Waals surface area contributed by atoms with Gasteiger partial charge < -0.3 is 19.3 Å². The van der Waals surface area contributed by atoms with E-state index in [0.717, 1.165) is 61.7 Å². The van der Waals surface area contributed by atoms with Gasteiger partial charge in [-0.05, 0) is 103 Å². The van der Waals surface area contributed by atoms with Crippen LogP contribution in [0.25, 0.3) is 49.9 Å². The van der Waals surface area contributed by atoms with Gasteiger partial charge in [0.1, 0.15) is 5.82 Å². The fourth-order valence-corrected chi connectivity index (χ4v) is 11.3. The van der Waals surface area contributed by atoms with E-state index in [1.54, 1.807) is 0 Å². The first-order valence-electron chi connectivity index (χ1n) is 26.1. The van der Waals surface area contributed by atoms with Crippen molar-refractivity contribution in [2.45, 2.75) is 97.8 Å². The Kier molecular flexibility index (Phi) is 12.2. The van der Waals surface area contributed by atoms with Gasteiger partial charge in [0.2, 0.25) is 0 Å². The van der Waals surface area contributed by atoms with Gasteiger partial charge in [-0.3, -0.25) is 0 Å². The van der Waals surface area contributed by atoms with Crippen molar-refractivity contribution in [1.82, 2.24) is 9.55 Å². The van der Waals surface area contributed by atoms with E-state index in [2.05, 4.69) is 290 Å². The second-order valence-corrected chi connectivity index (χ2v) is 23.9. The summed E-state index contributed by atoms with van der Waals surface area (Å²) < 4.78 is 2.29. The Hall–Kier alpha value is -7.20. The van der Waals surface area contributed by atoms with Crippen molar-refractivity contribution in [2.75, 3.05) is 14.7 Å². The predicted molar refractivity (Wildman–Crippen MR) is 311 cm³/mol. The maximum atomic E-state index is 5.04. The van der Waals surface area contributed by atoms with Gasteiger partial charge in [-0.2, -0.15) is 12.1 Å². The molecular weight excluding hydrogens is 1090 g/mol. The van der Waals surface area contributed by atoms with Gasteiger partial charge in [-0.25, -0.2) is 4.98 Å². The Bertz CT molecular complexity index is 3790. The summed E-state index contributed by atoms with van der Waals surface area (Å²) in [5.41, 5.74) is 20.2. The van der Waals surface area contributed by atoms with Crippen molar-refractivity contribution in [2.24, 2.45) is 0 Å². The van der Waals surface area contributed by atoms with Crippen molar-refractivity contribution in [3.8, 4) is 28.1 Å². The van der Waals surface area contributed by atoms with Crippen LogP contribution in [-0.2, 0) is 42.7 Å². The number of pyridine rings is 1. The van der Waals surface area contributed by atoms with Gasteiger partial charge in [-0.15, -0.1) is 48.1 Å². The third kappa shape index (κ3) is 8.49. The molecule has 1 aliphatic carbocycles. The van der Waals surface area contributed by atoms with Crippen LogP contribution in [-0.4, -0.2) is 9.55 Å². The zero-order chi connectivity index (χ0) is 51.5. The van der Waals surface area contributed by atoms with E-state index >= 15 is 0 Å². The van der Waals surface area contributed by atoms with Crippen molar-refractivity contribution >= 4 is 61.6 Å². The molecule has 5 nitrogen and oxygen atoms in total. The number of benzene rings is 8. The molecule has 0 saturated heterocycles. The third-order valence-corrected chi connectivity index (χ3v) is 15.5. The summed E-state index contributed by atoms with van der Waals surface area (Å²) in [6.45, 7) is 27.6. The van der Waals surface area contributed by atoms with Crippen LogP contribution in [0.1, 0.15) is 104 Å². The first-order chi connectivity index (χ1) is 35.4. The van der Waals surface area contributed by atoms with E-state index in [1.165, 1.54) is 55.8 Å². The largest absolute Gasteiger partial charge is 0.493 e. The number of hydrogen-bond acceptors (Lipinski definition) is 4. The van der Waals surface area contributed by atoms with Crippen molar-refractivity contribution in [1.29, 1.82) is 0 Å². The quantitative estimate of drug-likeness (QED) is 0.149. The number of para-hydroxylation sites is 3. The van der Waals surface area contributed by atoms with Crippen molar-refractivity contribution < 1.29 is 21.1 Å². The van der Waals surface area contributed by atoms with Crippen LogP contribution in [0.15, 0.2) is 182 Å². The van der Waals surface area contributed by atoms with E-state index in [1.807, 2.05) is 6.20 Å². The summed E-state index contributed by atoms with van der Waals surface area (Å²) in [5, 5.41) is 2.29. The average Bonchev–Trinajstić information content (AvgIpc) is 4.01. The SMILES string of the molecule is CC(C)(C)c1cc(N(c2[c-]c(N3[CH-]N(c4c(-c5ccccc5)ccc5c4-c4ccccc4C5(C)C)c4ccccc43)ccc2)c2[c-]c3c(cc2)c2ccccc2n3-c2cc(C(C)(C)C)ccn2)cc(C(C)(C)C)c1.[Pt]. The standard InChI is InChI=1S/C69H64N5.Pt/c1-66(2,3)46-36-37-70-63(41-46)74-59-29-18-16-26-54(59)55-33-32-51(43-62(55)74)73(52-39-47(67(4,5)6)38-48(40-52)68(7,8)9)50-25-21-24-49(42-50)71-44-72(61-31-20-19-30-60(61)71)65-53(45-22-13-12-14-23-45)34-35-58-64(65)56-27-15-17-28-57(56)69(58,10)11;/h12-41,44H,1-11H3;/q-3;. The van der Waals surface area contributed by atoms with E-state index in [9.17, 15) is 0 Å². The van der Waals surface area contributed by atoms with E-state index in [4.69, 9.17) is 4.98 Å². The predicted octanol–water partition coefficient (Wildman–Crippen LogP) is 18.5. The second-order valence-electron chi connectivity index (χ2n) is 23.9. The number of aromatic nitrogens is 2. The molecule has 0 radical (unpaired) electrons. The monoisotopic (exact) mass is 1160 g/mol. The number of rotatable bonds is 7. The Morgan fingerprint density at radius 2 is 1.16 bits per heavy atom. The molecular formula is C69H64N5Pt-3. The van der Waals surface area contributed by atoms with Crippen LogP contribution >= 0.6 is 0 Å². The summed E-state index contributed by atoms with van der Waals surface area (Å²) in [6, 6.07) is 72.6. The molecule has 0 bridgehead atoms. The minimum atomic E-state index is -0.168. The summed E-state index contributed by atoms with van der Waals surface area (Å²) in [4.78, 5) is 12.2. The molecule has 0 amide bonds. The van der Waals surface area contributed by atoms with Gasteiger partial charge in [-0.1, -0.05) is 196 Å². The van der Waals surface area contributed by atoms with Gasteiger partial charge >= 0.3 is 0 Å². The van der Waals surface area contributed by atoms with Gasteiger partial charge in [0.25, 0.3) is 0 Å². The number of fused-ring (bicyclic) bond motifs is 7. The molecule has 0 spiro atoms. The topological polar surface area (TPSA) is 27.5 Å². The molecule has 8 aromatic carbocycles. The Balaban J connectivity index is 0.00000602. The maximum absolute atomic E-state index is 5.04. The molecule has 0 saturated carbocycles. The van der Waals surface area contributed by atoms with Crippen molar-refractivity contribution in [3.05, 3.63) is 229 Å². The van der Waals surface area contributed by atoms with Gasteiger partial charge in [0, 0.05) is 72.1 Å². The zero-order valence-electron chi connectivity index (χ0n) is 45.0. The third-order valence-electron chi connectivity index (χ3n) is 15.5. The van der Waals surface area contributed by atoms with Crippen LogP contribution < -0.4 is 14.7 Å². The van der Waals surface area contributed by atoms with E-state index < -0.39 is 0 Å². The van der Waals surface area contributed by atoms with Crippen molar-refractivity contribution in [3.63, 3.8) is 0 Å². The molecule has 3 heterocycles. The van der Waals surface area contributed by atoms with Crippen LogP contribution in [0.5, 0.6) is 0 Å². The minimum Gasteiger partial charge on any atom is -0.493 e. The Morgan fingerprint density at radius 3 is 1.88 bits per heavy atom. The molecule has 0 N–H and O–H groups in total. The van der Waals surface area contributed by atoms with Gasteiger partial charge in [0.05, 0.1) is 0 Å². The number of nitrogens with zero attached hydrogens (tertiary/aromatic N) is 5. The molecule has 75 heavy (non-hydrogen) atoms. The Labute approximate surface area is 458 Å². The number of hydrogen-bond donors (Lipinski definition) is 0. The second kappa shape index (κ2) is 18.3. The average molecular weight is 1160 g/mol. The van der Waals surface area contributed by atoms with Gasteiger partial charge in [0.15, 0.2) is 0 Å². The molecule has 378 valence electrons. The summed E-state index contributed by atoms with van der Waals surface area (Å²) in [6.07, 6.45) is 1.95. The van der Waals surface area contributed by atoms with Crippen LogP contribution in [0, 0.1) is 18.8 Å². The van der Waals surface area contributed by atoms with Crippen LogP contribution in [0.3, 0.4) is 0 Å². The summed E-state index contributed by atoms with van der Waals surface area (Å²) >= 11 is 0. The molecule has 0 atom stereocenters. The summed E-state index contributed by atoms with van der Waals surface area (Å²) in [5.74, 6) is 0.876. The molecule has 10 aromatic rings. The Morgan fingerprint density at radius 1 is 0.520 bits per heavy atom. The first-order valence-corrected chi connectivity index (χ1v) is 26.1. The smallest absolute Gasteiger partial charge is 0.135 e. The maximum Gasteiger partial charge on any atom is 0.135 e. The fraction of sp³-hybridized carbons (Fsp3) is 0.217. The molecule has 0 unspecified atom stereocenters. The number of anilines is 7. The van der Waals surface area contributed by atoms with Crippen LogP contribution in [0.2, 0.25) is 0 Å². The van der Waals surface area contributed by atoms with Crippen LogP contribution in [0.4, 0.5) is 39.8 Å². The first kappa shape index (κ1) is 50.0. The molecule has 0 fully saturated rings.